The molecule has 2 atom stereocenters. The number of carbonyl (C=O) groups excluding carboxylic acids is 2. The predicted octanol–water partition coefficient (Wildman–Crippen LogP) is 4.28. The highest BCUT2D eigenvalue weighted by Gasteiger charge is 2.57. The average molecular weight is 459 g/mol. The first-order valence-electron chi connectivity index (χ1n) is 9.56. The number of nitrogens with one attached hydrogen (secondary N) is 2. The molecule has 0 heterocycles. The topological polar surface area (TPSA) is 58.2 Å². The van der Waals surface area contributed by atoms with Gasteiger partial charge in [0.15, 0.2) is 17.5 Å². The molecule has 4 aliphatic carbocycles. The highest BCUT2D eigenvalue weighted by atomic mass is 79.9. The van der Waals surface area contributed by atoms with Gasteiger partial charge in [-0.15, -0.1) is 0 Å². The van der Waals surface area contributed by atoms with E-state index in [2.05, 4.69) is 26.6 Å². The monoisotopic (exact) mass is 458 g/mol. The van der Waals surface area contributed by atoms with Crippen molar-refractivity contribution in [3.63, 3.8) is 0 Å². The number of anilines is 1. The van der Waals surface area contributed by atoms with E-state index in [1.54, 1.807) is 0 Å². The Bertz CT molecular complexity index is 818. The third-order valence-corrected chi connectivity index (χ3v) is 7.33. The molecule has 4 nitrogen and oxygen atoms in total. The van der Waals surface area contributed by atoms with Crippen LogP contribution in [0, 0.1) is 34.7 Å². The van der Waals surface area contributed by atoms with Crippen LogP contribution in [0.4, 0.5) is 18.9 Å². The molecule has 2 amide bonds. The molecule has 28 heavy (non-hydrogen) atoms. The molecule has 1 aromatic rings. The number of amides is 2. The van der Waals surface area contributed by atoms with Crippen LogP contribution in [0.25, 0.3) is 0 Å². The summed E-state index contributed by atoms with van der Waals surface area (Å²) in [5.41, 5.74) is -0.471. The number of hydrogen-bond acceptors (Lipinski definition) is 2. The van der Waals surface area contributed by atoms with Crippen LogP contribution in [0.2, 0.25) is 0 Å². The maximum atomic E-state index is 13.6. The van der Waals surface area contributed by atoms with Gasteiger partial charge in [-0.3, -0.25) is 9.59 Å². The first kappa shape index (κ1) is 19.7. The van der Waals surface area contributed by atoms with Crippen LogP contribution in [0.3, 0.4) is 0 Å². The van der Waals surface area contributed by atoms with E-state index >= 15 is 0 Å². The SMILES string of the molecule is O=C(CC12CC3CC(CC(Br)(C3)C1)C2)NCC(=O)Nc1ccc(F)c(F)c1F. The number of halogens is 4. The Morgan fingerprint density at radius 3 is 2.36 bits per heavy atom. The molecule has 4 fully saturated rings. The molecule has 4 saturated carbocycles. The van der Waals surface area contributed by atoms with Gasteiger partial charge in [-0.25, -0.2) is 13.2 Å². The second kappa shape index (κ2) is 7.04. The molecule has 5 rings (SSSR count). The van der Waals surface area contributed by atoms with Gasteiger partial charge in [-0.2, -0.15) is 0 Å². The largest absolute Gasteiger partial charge is 0.347 e. The Morgan fingerprint density at radius 1 is 1.04 bits per heavy atom. The van der Waals surface area contributed by atoms with Crippen molar-refractivity contribution >= 4 is 33.4 Å². The number of benzene rings is 1. The Morgan fingerprint density at radius 2 is 1.71 bits per heavy atom. The molecular weight excluding hydrogens is 437 g/mol. The van der Waals surface area contributed by atoms with Crippen molar-refractivity contribution in [2.24, 2.45) is 17.3 Å². The van der Waals surface area contributed by atoms with Crippen molar-refractivity contribution in [2.45, 2.75) is 49.3 Å². The van der Waals surface area contributed by atoms with Gasteiger partial charge in [-0.05, 0) is 67.9 Å². The van der Waals surface area contributed by atoms with Gasteiger partial charge in [0, 0.05) is 10.7 Å². The van der Waals surface area contributed by atoms with Crippen molar-refractivity contribution in [3.8, 4) is 0 Å². The number of carbonyl (C=O) groups is 2. The summed E-state index contributed by atoms with van der Waals surface area (Å²) in [5.74, 6) is -4.02. The van der Waals surface area contributed by atoms with E-state index < -0.39 is 29.0 Å². The lowest BCUT2D eigenvalue weighted by Crippen LogP contribution is -2.54. The minimum atomic E-state index is -1.65. The quantitative estimate of drug-likeness (QED) is 0.510. The van der Waals surface area contributed by atoms with Gasteiger partial charge in [-0.1, -0.05) is 15.9 Å². The van der Waals surface area contributed by atoms with Crippen LogP contribution in [0.1, 0.15) is 44.9 Å². The molecule has 0 aliphatic heterocycles. The Balaban J connectivity index is 1.31. The van der Waals surface area contributed by atoms with E-state index in [9.17, 15) is 22.8 Å². The van der Waals surface area contributed by atoms with Gasteiger partial charge < -0.3 is 10.6 Å². The van der Waals surface area contributed by atoms with E-state index in [4.69, 9.17) is 0 Å². The highest BCUT2D eigenvalue weighted by Crippen LogP contribution is 2.65. The lowest BCUT2D eigenvalue weighted by atomic mass is 9.48. The van der Waals surface area contributed by atoms with Gasteiger partial charge in [0.2, 0.25) is 11.8 Å². The molecule has 0 radical (unpaired) electrons. The Labute approximate surface area is 169 Å². The van der Waals surface area contributed by atoms with Crippen LogP contribution in [0.5, 0.6) is 0 Å². The number of rotatable bonds is 5. The van der Waals surface area contributed by atoms with Crippen molar-refractivity contribution in [1.82, 2.24) is 5.32 Å². The molecule has 2 N–H and O–H groups in total. The molecule has 152 valence electrons. The second-order valence-electron chi connectivity index (χ2n) is 8.84. The van der Waals surface area contributed by atoms with Crippen molar-refractivity contribution in [1.29, 1.82) is 0 Å². The summed E-state index contributed by atoms with van der Waals surface area (Å²) in [6.45, 7) is -0.348. The van der Waals surface area contributed by atoms with Crippen molar-refractivity contribution in [3.05, 3.63) is 29.6 Å². The first-order valence-corrected chi connectivity index (χ1v) is 10.4. The summed E-state index contributed by atoms with van der Waals surface area (Å²) in [6, 6.07) is 1.67. The highest BCUT2D eigenvalue weighted by molar-refractivity contribution is 9.10. The molecule has 2 unspecified atom stereocenters. The standard InChI is InChI=1S/C20H22BrF3N2O2/c21-20-6-11-3-12(7-20)5-19(4-11,10-20)8-15(27)25-9-16(28)26-14-2-1-13(22)17(23)18(14)24/h1-2,11-12H,3-10H2,(H,25,27)(H,26,28). The van der Waals surface area contributed by atoms with Gasteiger partial charge in [0.05, 0.1) is 12.2 Å². The maximum absolute atomic E-state index is 13.6. The minimum absolute atomic E-state index is 0.0136. The Kier molecular flexibility index (Phi) is 4.96. The van der Waals surface area contributed by atoms with Gasteiger partial charge >= 0.3 is 0 Å². The lowest BCUT2D eigenvalue weighted by Gasteiger charge is -2.60. The number of alkyl halides is 1. The fourth-order valence-corrected chi connectivity index (χ4v) is 7.45. The van der Waals surface area contributed by atoms with Crippen LogP contribution in [-0.2, 0) is 9.59 Å². The third kappa shape index (κ3) is 3.80. The van der Waals surface area contributed by atoms with E-state index in [0.29, 0.717) is 18.3 Å². The maximum Gasteiger partial charge on any atom is 0.243 e. The molecular formula is C20H22BrF3N2O2. The molecule has 8 heteroatoms. The smallest absolute Gasteiger partial charge is 0.243 e. The van der Waals surface area contributed by atoms with Crippen LogP contribution in [-0.4, -0.2) is 22.7 Å². The molecule has 0 spiro atoms. The third-order valence-electron chi connectivity index (χ3n) is 6.40. The zero-order valence-electron chi connectivity index (χ0n) is 15.3. The zero-order chi connectivity index (χ0) is 20.1. The first-order chi connectivity index (χ1) is 13.2. The zero-order valence-corrected chi connectivity index (χ0v) is 16.9. The average Bonchev–Trinajstić information content (AvgIpc) is 2.58. The van der Waals surface area contributed by atoms with E-state index in [0.717, 1.165) is 31.4 Å². The summed E-state index contributed by atoms with van der Waals surface area (Å²) in [4.78, 5) is 24.4. The van der Waals surface area contributed by atoms with E-state index in [-0.39, 0.29) is 22.2 Å². The van der Waals surface area contributed by atoms with Gasteiger partial charge in [0.25, 0.3) is 0 Å². The lowest BCUT2D eigenvalue weighted by molar-refractivity contribution is -0.130. The predicted molar refractivity (Wildman–Crippen MR) is 101 cm³/mol. The van der Waals surface area contributed by atoms with Crippen LogP contribution in [0.15, 0.2) is 12.1 Å². The van der Waals surface area contributed by atoms with E-state index in [1.807, 2.05) is 0 Å². The second-order valence-corrected chi connectivity index (χ2v) is 10.5. The summed E-state index contributed by atoms with van der Waals surface area (Å²) in [5, 5.41) is 4.74. The summed E-state index contributed by atoms with van der Waals surface area (Å²) in [6.07, 6.45) is 7.06. The van der Waals surface area contributed by atoms with Crippen molar-refractivity contribution in [2.75, 3.05) is 11.9 Å². The van der Waals surface area contributed by atoms with Crippen molar-refractivity contribution < 1.29 is 22.8 Å². The summed E-state index contributed by atoms with van der Waals surface area (Å²) < 4.78 is 39.9. The fraction of sp³-hybridized carbons (Fsp3) is 0.600. The summed E-state index contributed by atoms with van der Waals surface area (Å²) >= 11 is 3.91. The van der Waals surface area contributed by atoms with Crippen LogP contribution >= 0.6 is 15.9 Å². The fourth-order valence-electron chi connectivity index (χ4n) is 5.94. The molecule has 4 aliphatic rings. The molecule has 0 aromatic heterocycles. The van der Waals surface area contributed by atoms with E-state index in [1.165, 1.54) is 19.3 Å². The minimum Gasteiger partial charge on any atom is -0.347 e. The van der Waals surface area contributed by atoms with Crippen LogP contribution < -0.4 is 10.6 Å². The molecule has 0 saturated heterocycles. The van der Waals surface area contributed by atoms with Gasteiger partial charge in [0.1, 0.15) is 0 Å². The normalized spacial score (nSPS) is 33.0. The number of hydrogen-bond donors (Lipinski definition) is 2. The Hall–Kier alpha value is -1.57. The molecule has 1 aromatic carbocycles. The molecule has 4 bridgehead atoms. The summed E-state index contributed by atoms with van der Waals surface area (Å²) in [7, 11) is 0.